The molecule has 0 N–H and O–H groups in total. The van der Waals surface area contributed by atoms with Crippen molar-refractivity contribution in [2.75, 3.05) is 13.2 Å². The third-order valence-corrected chi connectivity index (χ3v) is 13.8. The highest BCUT2D eigenvalue weighted by Gasteiger charge is 2.19. The molecule has 436 valence electrons. The van der Waals surface area contributed by atoms with E-state index in [1.54, 1.807) is 0 Å². The molecule has 0 rings (SSSR count). The summed E-state index contributed by atoms with van der Waals surface area (Å²) in [5.74, 6) is -0.904. The summed E-state index contributed by atoms with van der Waals surface area (Å²) in [7, 11) is 0. The van der Waals surface area contributed by atoms with E-state index >= 15 is 0 Å². The number of ether oxygens (including phenoxy) is 3. The lowest BCUT2D eigenvalue weighted by molar-refractivity contribution is -0.167. The minimum atomic E-state index is -0.792. The Balaban J connectivity index is 4.43. The van der Waals surface area contributed by atoms with Gasteiger partial charge in [-0.3, -0.25) is 14.4 Å². The van der Waals surface area contributed by atoms with Crippen LogP contribution in [0, 0.1) is 0 Å². The smallest absolute Gasteiger partial charge is 0.306 e. The molecule has 1 atom stereocenters. The molecule has 6 nitrogen and oxygen atoms in total. The number of carbonyl (C=O) groups is 3. The largest absolute Gasteiger partial charge is 0.462 e. The molecule has 0 saturated carbocycles. The number of hydrogen-bond acceptors (Lipinski definition) is 6. The number of hydrogen-bond donors (Lipinski definition) is 0. The molecule has 0 aromatic rings. The first kappa shape index (κ1) is 72.3. The topological polar surface area (TPSA) is 78.9 Å². The molecule has 0 aliphatic rings. The van der Waals surface area contributed by atoms with E-state index in [9.17, 15) is 14.4 Å². The summed E-state index contributed by atoms with van der Waals surface area (Å²) < 4.78 is 16.9. The van der Waals surface area contributed by atoms with Crippen LogP contribution in [0.3, 0.4) is 0 Å². The third-order valence-electron chi connectivity index (χ3n) is 13.8. The maximum absolute atomic E-state index is 12.9. The molecule has 0 amide bonds. The predicted molar refractivity (Wildman–Crippen MR) is 330 cm³/mol. The average molecular weight is 1060 g/mol. The molecule has 0 aliphatic carbocycles. The molecular weight excluding hydrogens is 937 g/mol. The summed E-state index contributed by atoms with van der Waals surface area (Å²) in [6, 6.07) is 0. The van der Waals surface area contributed by atoms with Crippen molar-refractivity contribution in [3.05, 3.63) is 97.2 Å². The van der Waals surface area contributed by atoms with E-state index in [0.717, 1.165) is 116 Å². The van der Waals surface area contributed by atoms with Gasteiger partial charge >= 0.3 is 17.9 Å². The Morgan fingerprint density at radius 1 is 0.276 bits per heavy atom. The van der Waals surface area contributed by atoms with E-state index in [-0.39, 0.29) is 31.1 Å². The second-order valence-electron chi connectivity index (χ2n) is 21.3. The molecule has 0 aromatic carbocycles. The highest BCUT2D eigenvalue weighted by Crippen LogP contribution is 2.16. The van der Waals surface area contributed by atoms with Crippen LogP contribution < -0.4 is 0 Å². The van der Waals surface area contributed by atoms with Crippen LogP contribution in [0.2, 0.25) is 0 Å². The Bertz CT molecular complexity index is 1490. The van der Waals surface area contributed by atoms with Crippen LogP contribution in [0.5, 0.6) is 0 Å². The van der Waals surface area contributed by atoms with Gasteiger partial charge in [-0.05, 0) is 122 Å². The van der Waals surface area contributed by atoms with Gasteiger partial charge in [0.05, 0.1) is 0 Å². The van der Waals surface area contributed by atoms with Crippen molar-refractivity contribution in [1.82, 2.24) is 0 Å². The van der Waals surface area contributed by atoms with Crippen molar-refractivity contribution in [2.24, 2.45) is 0 Å². The van der Waals surface area contributed by atoms with E-state index < -0.39 is 6.10 Å². The van der Waals surface area contributed by atoms with Gasteiger partial charge in [-0.25, -0.2) is 0 Å². The fraction of sp³-hybridized carbons (Fsp3) is 0.729. The third kappa shape index (κ3) is 61.2. The molecule has 0 radical (unpaired) electrons. The summed E-state index contributed by atoms with van der Waals surface area (Å²) in [6.07, 6.45) is 85.4. The van der Waals surface area contributed by atoms with Gasteiger partial charge in [-0.2, -0.15) is 0 Å². The minimum Gasteiger partial charge on any atom is -0.462 e. The molecule has 0 fully saturated rings. The summed E-state index contributed by atoms with van der Waals surface area (Å²) in [5, 5.41) is 0. The molecule has 0 spiro atoms. The van der Waals surface area contributed by atoms with E-state index in [4.69, 9.17) is 14.2 Å². The molecule has 0 saturated heterocycles. The van der Waals surface area contributed by atoms with Crippen LogP contribution in [-0.4, -0.2) is 37.2 Å². The first-order chi connectivity index (χ1) is 37.5. The molecule has 0 aliphatic heterocycles. The zero-order chi connectivity index (χ0) is 55.0. The van der Waals surface area contributed by atoms with Gasteiger partial charge in [0.15, 0.2) is 6.10 Å². The van der Waals surface area contributed by atoms with Crippen molar-refractivity contribution in [3.63, 3.8) is 0 Å². The number of esters is 3. The van der Waals surface area contributed by atoms with Gasteiger partial charge in [0, 0.05) is 19.3 Å². The maximum atomic E-state index is 12.9. The minimum absolute atomic E-state index is 0.0872. The van der Waals surface area contributed by atoms with Crippen LogP contribution in [0.1, 0.15) is 310 Å². The zero-order valence-electron chi connectivity index (χ0n) is 50.0. The van der Waals surface area contributed by atoms with Gasteiger partial charge in [-0.15, -0.1) is 0 Å². The van der Waals surface area contributed by atoms with E-state index in [0.29, 0.717) is 19.3 Å². The Morgan fingerprint density at radius 3 is 0.842 bits per heavy atom. The van der Waals surface area contributed by atoms with Gasteiger partial charge in [-0.1, -0.05) is 266 Å². The summed E-state index contributed by atoms with van der Waals surface area (Å²) in [6.45, 7) is 6.51. The van der Waals surface area contributed by atoms with E-state index in [1.165, 1.54) is 154 Å². The lowest BCUT2D eigenvalue weighted by Crippen LogP contribution is -2.30. The van der Waals surface area contributed by atoms with Crippen LogP contribution in [0.15, 0.2) is 97.2 Å². The second kappa shape index (κ2) is 63.9. The monoisotopic (exact) mass is 1060 g/mol. The number of unbranched alkanes of at least 4 members (excludes halogenated alkanes) is 31. The standard InChI is InChI=1S/C70H120O6/c1-4-7-10-13-16-19-22-25-28-31-34-35-37-39-42-45-48-51-54-57-60-63-69(72)75-66-67(65-74-68(71)62-59-56-53-50-47-44-41-38-33-30-27-24-21-18-15-12-9-6-3)76-70(73)64-61-58-55-52-49-46-43-40-36-32-29-26-23-20-17-14-11-8-5-2/h7,10,16-17,19-20,25-26,28-30,33-35,39,42,67H,4-6,8-9,11-15,18,21-24,27,31-32,36-38,40-41,43-66H2,1-3H3/b10-7-,19-16-,20-17-,28-25-,29-26-,33-30-,35-34-,42-39-. The predicted octanol–water partition coefficient (Wildman–Crippen LogP) is 22.0. The lowest BCUT2D eigenvalue weighted by atomic mass is 10.1. The van der Waals surface area contributed by atoms with Crippen molar-refractivity contribution in [3.8, 4) is 0 Å². The second-order valence-corrected chi connectivity index (χ2v) is 21.3. The van der Waals surface area contributed by atoms with Gasteiger partial charge in [0.2, 0.25) is 0 Å². The number of rotatable bonds is 58. The normalized spacial score (nSPS) is 12.7. The zero-order valence-corrected chi connectivity index (χ0v) is 50.0. The molecular formula is C70H120O6. The molecule has 6 heteroatoms. The van der Waals surface area contributed by atoms with Crippen LogP contribution in [-0.2, 0) is 28.6 Å². The van der Waals surface area contributed by atoms with Crippen molar-refractivity contribution >= 4 is 17.9 Å². The molecule has 1 unspecified atom stereocenters. The van der Waals surface area contributed by atoms with E-state index in [2.05, 4.69) is 118 Å². The summed E-state index contributed by atoms with van der Waals surface area (Å²) in [5.41, 5.74) is 0. The lowest BCUT2D eigenvalue weighted by Gasteiger charge is -2.18. The Hall–Kier alpha value is -3.67. The van der Waals surface area contributed by atoms with Crippen molar-refractivity contribution in [1.29, 1.82) is 0 Å². The van der Waals surface area contributed by atoms with Gasteiger partial charge in [0.25, 0.3) is 0 Å². The fourth-order valence-corrected chi connectivity index (χ4v) is 8.97. The first-order valence-electron chi connectivity index (χ1n) is 32.2. The Labute approximate surface area is 470 Å². The van der Waals surface area contributed by atoms with E-state index in [1.807, 2.05) is 0 Å². The average Bonchev–Trinajstić information content (AvgIpc) is 3.42. The molecule has 0 heterocycles. The van der Waals surface area contributed by atoms with Crippen LogP contribution in [0.25, 0.3) is 0 Å². The quantitative estimate of drug-likeness (QED) is 0.0261. The van der Waals surface area contributed by atoms with Crippen molar-refractivity contribution < 1.29 is 28.6 Å². The fourth-order valence-electron chi connectivity index (χ4n) is 8.97. The Morgan fingerprint density at radius 2 is 0.513 bits per heavy atom. The first-order valence-corrected chi connectivity index (χ1v) is 32.2. The van der Waals surface area contributed by atoms with Crippen LogP contribution >= 0.6 is 0 Å². The maximum Gasteiger partial charge on any atom is 0.306 e. The number of carbonyl (C=O) groups excluding carboxylic acids is 3. The molecule has 76 heavy (non-hydrogen) atoms. The highest BCUT2D eigenvalue weighted by atomic mass is 16.6. The number of allylic oxidation sites excluding steroid dienone is 16. The van der Waals surface area contributed by atoms with Gasteiger partial charge < -0.3 is 14.2 Å². The Kier molecular flexibility index (Phi) is 60.8. The summed E-state index contributed by atoms with van der Waals surface area (Å²) >= 11 is 0. The molecule has 0 bridgehead atoms. The van der Waals surface area contributed by atoms with Gasteiger partial charge in [0.1, 0.15) is 13.2 Å². The van der Waals surface area contributed by atoms with Crippen LogP contribution in [0.4, 0.5) is 0 Å². The van der Waals surface area contributed by atoms with Crippen molar-refractivity contribution in [2.45, 2.75) is 316 Å². The molecule has 0 aromatic heterocycles. The SMILES string of the molecule is CC/C=C\C/C=C\C/C=C\C/C=C\C/C=C\CCCCCCCC(=O)OCC(COC(=O)CCCCCCCCC/C=C\CCCCCCCCC)OC(=O)CCCCCCCCCCC/C=C\C/C=C\CCCCC. The highest BCUT2D eigenvalue weighted by molar-refractivity contribution is 5.71. The summed E-state index contributed by atoms with van der Waals surface area (Å²) in [4.78, 5) is 38.4.